The van der Waals surface area contributed by atoms with Crippen LogP contribution in [0.25, 0.3) is 0 Å². The Balaban J connectivity index is 2.30. The molecule has 0 N–H and O–H groups in total. The summed E-state index contributed by atoms with van der Waals surface area (Å²) in [5, 5.41) is 0. The van der Waals surface area contributed by atoms with Gasteiger partial charge in [-0.1, -0.05) is 49.8 Å². The molecule has 1 fully saturated rings. The molecule has 2 rings (SSSR count). The van der Waals surface area contributed by atoms with E-state index in [1.54, 1.807) is 5.57 Å². The zero-order valence-electron chi connectivity index (χ0n) is 11.0. The van der Waals surface area contributed by atoms with Crippen molar-refractivity contribution in [2.45, 2.75) is 46.5 Å². The lowest BCUT2D eigenvalue weighted by atomic mass is 9.57. The summed E-state index contributed by atoms with van der Waals surface area (Å²) in [7, 11) is 0. The Labute approximate surface area is 100 Å². The van der Waals surface area contributed by atoms with E-state index in [9.17, 15) is 0 Å². The summed E-state index contributed by atoms with van der Waals surface area (Å²) in [4.78, 5) is 0. The Morgan fingerprint density at radius 3 is 2.81 bits per heavy atom. The molecule has 0 amide bonds. The summed E-state index contributed by atoms with van der Waals surface area (Å²) in [5.74, 6) is 1.47. The molecular formula is C16H24. The molecule has 0 heterocycles. The number of hydrogen-bond acceptors (Lipinski definition) is 0. The van der Waals surface area contributed by atoms with Crippen molar-refractivity contribution < 1.29 is 0 Å². The Morgan fingerprint density at radius 1 is 1.50 bits per heavy atom. The van der Waals surface area contributed by atoms with E-state index in [1.165, 1.54) is 36.8 Å². The molecule has 2 aliphatic rings. The van der Waals surface area contributed by atoms with Gasteiger partial charge in [-0.2, -0.15) is 0 Å². The van der Waals surface area contributed by atoms with Crippen LogP contribution >= 0.6 is 0 Å². The molecule has 0 heteroatoms. The topological polar surface area (TPSA) is 0 Å². The van der Waals surface area contributed by atoms with Crippen LogP contribution in [0.5, 0.6) is 0 Å². The highest BCUT2D eigenvalue weighted by Gasteiger charge is 2.42. The van der Waals surface area contributed by atoms with E-state index < -0.39 is 0 Å². The van der Waals surface area contributed by atoms with Crippen molar-refractivity contribution in [2.75, 3.05) is 0 Å². The fourth-order valence-electron chi connectivity index (χ4n) is 3.46. The molecule has 2 aliphatic carbocycles. The largest absolute Gasteiger partial charge is 0.0999 e. The van der Waals surface area contributed by atoms with Crippen molar-refractivity contribution in [3.63, 3.8) is 0 Å². The van der Waals surface area contributed by atoms with Gasteiger partial charge >= 0.3 is 0 Å². The Hall–Kier alpha value is -0.780. The molecule has 3 atom stereocenters. The van der Waals surface area contributed by atoms with E-state index >= 15 is 0 Å². The first kappa shape index (κ1) is 11.7. The van der Waals surface area contributed by atoms with E-state index in [4.69, 9.17) is 0 Å². The molecule has 0 bridgehead atoms. The molecule has 0 aliphatic heterocycles. The smallest absolute Gasteiger partial charge is 0.00787 e. The molecule has 0 radical (unpaired) electrons. The minimum Gasteiger partial charge on any atom is -0.0999 e. The van der Waals surface area contributed by atoms with Gasteiger partial charge in [0.2, 0.25) is 0 Å². The standard InChI is InChI=1S/C16H24/c1-11(2)14-6-7-15-9-12(3)8-13(4)16(15,5)10-14/h9,13-14H,1,3,6-8,10H2,2,4-5H3. The van der Waals surface area contributed by atoms with E-state index in [-0.39, 0.29) is 0 Å². The van der Waals surface area contributed by atoms with Crippen LogP contribution in [-0.2, 0) is 0 Å². The summed E-state index contributed by atoms with van der Waals surface area (Å²) in [6, 6.07) is 0. The Bertz CT molecular complexity index is 358. The zero-order valence-corrected chi connectivity index (χ0v) is 11.0. The monoisotopic (exact) mass is 216 g/mol. The summed E-state index contributed by atoms with van der Waals surface area (Å²) < 4.78 is 0. The summed E-state index contributed by atoms with van der Waals surface area (Å²) in [5.41, 5.74) is 4.75. The first-order valence-corrected chi connectivity index (χ1v) is 6.47. The first-order chi connectivity index (χ1) is 7.43. The van der Waals surface area contributed by atoms with Crippen molar-refractivity contribution in [3.05, 3.63) is 36.0 Å². The average molecular weight is 216 g/mol. The van der Waals surface area contributed by atoms with Crippen LogP contribution in [0, 0.1) is 17.3 Å². The summed E-state index contributed by atoms with van der Waals surface area (Å²) >= 11 is 0. The van der Waals surface area contributed by atoms with Gasteiger partial charge < -0.3 is 0 Å². The van der Waals surface area contributed by atoms with Gasteiger partial charge in [-0.25, -0.2) is 0 Å². The van der Waals surface area contributed by atoms with Crippen LogP contribution in [0.3, 0.4) is 0 Å². The van der Waals surface area contributed by atoms with Gasteiger partial charge in [0, 0.05) is 0 Å². The second-order valence-electron chi connectivity index (χ2n) is 6.14. The second kappa shape index (κ2) is 3.91. The molecule has 0 aromatic carbocycles. The van der Waals surface area contributed by atoms with Gasteiger partial charge in [-0.3, -0.25) is 0 Å². The van der Waals surface area contributed by atoms with Gasteiger partial charge in [-0.15, -0.1) is 0 Å². The molecule has 0 nitrogen and oxygen atoms in total. The number of rotatable bonds is 1. The van der Waals surface area contributed by atoms with Gasteiger partial charge in [-0.05, 0) is 49.9 Å². The average Bonchev–Trinajstić information content (AvgIpc) is 2.19. The van der Waals surface area contributed by atoms with Crippen molar-refractivity contribution in [1.29, 1.82) is 0 Å². The lowest BCUT2D eigenvalue weighted by Gasteiger charge is -2.47. The van der Waals surface area contributed by atoms with E-state index in [0.29, 0.717) is 5.41 Å². The van der Waals surface area contributed by atoms with Crippen LogP contribution in [0.4, 0.5) is 0 Å². The SMILES string of the molecule is C=C1C=C2CCC(C(=C)C)CC2(C)C(C)C1. The molecule has 1 saturated carbocycles. The van der Waals surface area contributed by atoms with E-state index in [1.807, 2.05) is 0 Å². The Kier molecular flexibility index (Phi) is 2.86. The molecule has 0 saturated heterocycles. The molecule has 0 aromatic heterocycles. The predicted molar refractivity (Wildman–Crippen MR) is 71.3 cm³/mol. The molecule has 3 unspecified atom stereocenters. The van der Waals surface area contributed by atoms with Gasteiger partial charge in [0.15, 0.2) is 0 Å². The second-order valence-corrected chi connectivity index (χ2v) is 6.14. The van der Waals surface area contributed by atoms with Crippen LogP contribution in [0.2, 0.25) is 0 Å². The fraction of sp³-hybridized carbons (Fsp3) is 0.625. The van der Waals surface area contributed by atoms with Crippen LogP contribution in [0.1, 0.15) is 46.5 Å². The van der Waals surface area contributed by atoms with Crippen LogP contribution in [0.15, 0.2) is 36.0 Å². The third kappa shape index (κ3) is 1.79. The molecule has 0 aromatic rings. The maximum absolute atomic E-state index is 4.15. The first-order valence-electron chi connectivity index (χ1n) is 6.47. The van der Waals surface area contributed by atoms with Crippen molar-refractivity contribution in [1.82, 2.24) is 0 Å². The molecule has 0 spiro atoms. The van der Waals surface area contributed by atoms with E-state index in [2.05, 4.69) is 40.0 Å². The Morgan fingerprint density at radius 2 is 2.19 bits per heavy atom. The quantitative estimate of drug-likeness (QED) is 0.547. The highest BCUT2D eigenvalue weighted by atomic mass is 14.5. The minimum absolute atomic E-state index is 0.406. The van der Waals surface area contributed by atoms with Gasteiger partial charge in [0.05, 0.1) is 0 Å². The minimum atomic E-state index is 0.406. The third-order valence-electron chi connectivity index (χ3n) is 4.90. The third-order valence-corrected chi connectivity index (χ3v) is 4.90. The van der Waals surface area contributed by atoms with Gasteiger partial charge in [0.1, 0.15) is 0 Å². The number of fused-ring (bicyclic) bond motifs is 1. The number of hydrogen-bond donors (Lipinski definition) is 0. The van der Waals surface area contributed by atoms with Crippen molar-refractivity contribution >= 4 is 0 Å². The highest BCUT2D eigenvalue weighted by Crippen LogP contribution is 2.53. The number of allylic oxidation sites excluding steroid dienone is 4. The van der Waals surface area contributed by atoms with Crippen molar-refractivity contribution in [2.24, 2.45) is 17.3 Å². The van der Waals surface area contributed by atoms with Crippen LogP contribution < -0.4 is 0 Å². The maximum atomic E-state index is 4.15. The molecule has 88 valence electrons. The van der Waals surface area contributed by atoms with Crippen molar-refractivity contribution in [3.8, 4) is 0 Å². The summed E-state index contributed by atoms with van der Waals surface area (Å²) in [6.07, 6.45) is 7.37. The highest BCUT2D eigenvalue weighted by molar-refractivity contribution is 5.33. The maximum Gasteiger partial charge on any atom is -0.00787 e. The van der Waals surface area contributed by atoms with E-state index in [0.717, 1.165) is 11.8 Å². The molecule has 16 heavy (non-hydrogen) atoms. The zero-order chi connectivity index (χ0) is 11.9. The lowest BCUT2D eigenvalue weighted by Crippen LogP contribution is -2.36. The van der Waals surface area contributed by atoms with Crippen LogP contribution in [-0.4, -0.2) is 0 Å². The lowest BCUT2D eigenvalue weighted by molar-refractivity contribution is 0.162. The molecular weight excluding hydrogens is 192 g/mol. The normalized spacial score (nSPS) is 38.9. The summed E-state index contributed by atoms with van der Waals surface area (Å²) in [6.45, 7) is 15.3. The van der Waals surface area contributed by atoms with Gasteiger partial charge in [0.25, 0.3) is 0 Å². The predicted octanol–water partition coefficient (Wildman–Crippen LogP) is 4.89. The fourth-order valence-corrected chi connectivity index (χ4v) is 3.46.